The van der Waals surface area contributed by atoms with Crippen LogP contribution in [0.2, 0.25) is 0 Å². The van der Waals surface area contributed by atoms with Gasteiger partial charge in [-0.2, -0.15) is 4.68 Å². The van der Waals surface area contributed by atoms with Crippen molar-refractivity contribution in [3.63, 3.8) is 0 Å². The number of rotatable bonds is 4. The van der Waals surface area contributed by atoms with Crippen LogP contribution in [0, 0.1) is 0 Å². The van der Waals surface area contributed by atoms with E-state index in [1.165, 1.54) is 11.3 Å². The SMILES string of the molecule is O=[S@](Cc1nnnn1-c1ccccc1)c1cccs1. The maximum Gasteiger partial charge on any atom is 0.169 e. The van der Waals surface area contributed by atoms with Crippen LogP contribution in [-0.4, -0.2) is 24.4 Å². The average molecular weight is 290 g/mol. The topological polar surface area (TPSA) is 60.7 Å². The molecule has 19 heavy (non-hydrogen) atoms. The van der Waals surface area contributed by atoms with E-state index in [0.717, 1.165) is 9.90 Å². The van der Waals surface area contributed by atoms with E-state index in [1.807, 2.05) is 47.8 Å². The zero-order valence-corrected chi connectivity index (χ0v) is 11.5. The van der Waals surface area contributed by atoms with Crippen LogP contribution in [0.15, 0.2) is 52.1 Å². The predicted octanol–water partition coefficient (Wildman–Crippen LogP) is 2.03. The third-order valence-corrected chi connectivity index (χ3v) is 5.13. The lowest BCUT2D eigenvalue weighted by atomic mass is 10.3. The summed E-state index contributed by atoms with van der Waals surface area (Å²) in [6.07, 6.45) is 0. The van der Waals surface area contributed by atoms with Gasteiger partial charge in [0.15, 0.2) is 5.82 Å². The molecule has 0 saturated heterocycles. The van der Waals surface area contributed by atoms with E-state index in [4.69, 9.17) is 0 Å². The van der Waals surface area contributed by atoms with Crippen molar-refractivity contribution in [1.82, 2.24) is 20.2 Å². The lowest BCUT2D eigenvalue weighted by Gasteiger charge is -2.03. The van der Waals surface area contributed by atoms with Crippen molar-refractivity contribution in [3.05, 3.63) is 53.7 Å². The van der Waals surface area contributed by atoms with Crippen LogP contribution in [0.5, 0.6) is 0 Å². The standard InChI is InChI=1S/C12H10N4OS2/c17-19(12-7-4-8-18-12)9-11-13-14-15-16(11)10-5-2-1-3-6-10/h1-8H,9H2/t19-/m1/s1. The number of aromatic nitrogens is 4. The van der Waals surface area contributed by atoms with Crippen molar-refractivity contribution in [1.29, 1.82) is 0 Å². The van der Waals surface area contributed by atoms with Crippen molar-refractivity contribution >= 4 is 22.1 Å². The van der Waals surface area contributed by atoms with E-state index < -0.39 is 10.8 Å². The van der Waals surface area contributed by atoms with Crippen LogP contribution in [0.3, 0.4) is 0 Å². The normalized spacial score (nSPS) is 12.4. The Labute approximate surface area is 116 Å². The molecule has 0 aliphatic heterocycles. The van der Waals surface area contributed by atoms with Crippen LogP contribution < -0.4 is 0 Å². The second kappa shape index (κ2) is 5.41. The molecule has 0 bridgehead atoms. The molecule has 3 rings (SSSR count). The van der Waals surface area contributed by atoms with Gasteiger partial charge in [0.05, 0.1) is 26.4 Å². The molecule has 1 aromatic carbocycles. The third-order valence-electron chi connectivity index (χ3n) is 2.51. The van der Waals surface area contributed by atoms with E-state index in [0.29, 0.717) is 11.6 Å². The maximum absolute atomic E-state index is 12.2. The van der Waals surface area contributed by atoms with Gasteiger partial charge in [-0.25, -0.2) is 0 Å². The first kappa shape index (κ1) is 12.2. The highest BCUT2D eigenvalue weighted by molar-refractivity contribution is 7.86. The minimum atomic E-state index is -1.11. The first-order chi connectivity index (χ1) is 9.34. The van der Waals surface area contributed by atoms with Crippen molar-refractivity contribution in [2.45, 2.75) is 9.96 Å². The van der Waals surface area contributed by atoms with Gasteiger partial charge in [0.25, 0.3) is 0 Å². The van der Waals surface area contributed by atoms with Gasteiger partial charge in [-0.05, 0) is 34.0 Å². The second-order valence-electron chi connectivity index (χ2n) is 3.76. The minimum Gasteiger partial charge on any atom is -0.253 e. The monoisotopic (exact) mass is 290 g/mol. The van der Waals surface area contributed by atoms with Gasteiger partial charge in [-0.15, -0.1) is 16.4 Å². The Morgan fingerprint density at radius 2 is 2.00 bits per heavy atom. The van der Waals surface area contributed by atoms with Crippen molar-refractivity contribution in [2.75, 3.05) is 0 Å². The highest BCUT2D eigenvalue weighted by atomic mass is 32.2. The largest absolute Gasteiger partial charge is 0.253 e. The van der Waals surface area contributed by atoms with E-state index >= 15 is 0 Å². The number of benzene rings is 1. The molecule has 3 aromatic rings. The zero-order valence-electron chi connectivity index (χ0n) is 9.84. The van der Waals surface area contributed by atoms with Crippen LogP contribution in [-0.2, 0) is 16.6 Å². The number of hydrogen-bond donors (Lipinski definition) is 0. The second-order valence-corrected chi connectivity index (χ2v) is 6.39. The first-order valence-electron chi connectivity index (χ1n) is 5.59. The molecule has 2 heterocycles. The third kappa shape index (κ3) is 2.61. The smallest absolute Gasteiger partial charge is 0.169 e. The van der Waals surface area contributed by atoms with Crippen LogP contribution >= 0.6 is 11.3 Å². The molecule has 5 nitrogen and oxygen atoms in total. The summed E-state index contributed by atoms with van der Waals surface area (Å²) < 4.78 is 14.6. The number of hydrogen-bond acceptors (Lipinski definition) is 5. The van der Waals surface area contributed by atoms with Gasteiger partial charge in [0, 0.05) is 0 Å². The Morgan fingerprint density at radius 3 is 2.74 bits per heavy atom. The summed E-state index contributed by atoms with van der Waals surface area (Å²) in [7, 11) is -1.11. The number of thiophene rings is 1. The van der Waals surface area contributed by atoms with Gasteiger partial charge < -0.3 is 0 Å². The van der Waals surface area contributed by atoms with Gasteiger partial charge in [0.2, 0.25) is 0 Å². The molecule has 7 heteroatoms. The molecule has 0 aliphatic carbocycles. The molecule has 0 aliphatic rings. The molecule has 0 saturated carbocycles. The van der Waals surface area contributed by atoms with Gasteiger partial charge in [0.1, 0.15) is 0 Å². The summed E-state index contributed by atoms with van der Waals surface area (Å²) in [4.78, 5) is 0. The number of para-hydroxylation sites is 1. The molecule has 96 valence electrons. The Hall–Kier alpha value is -1.86. The Kier molecular flexibility index (Phi) is 3.47. The molecule has 0 radical (unpaired) electrons. The first-order valence-corrected chi connectivity index (χ1v) is 7.79. The lowest BCUT2D eigenvalue weighted by Crippen LogP contribution is -2.06. The van der Waals surface area contributed by atoms with E-state index in [9.17, 15) is 4.21 Å². The fraction of sp³-hybridized carbons (Fsp3) is 0.0833. The van der Waals surface area contributed by atoms with Gasteiger partial charge in [-0.3, -0.25) is 4.21 Å². The van der Waals surface area contributed by atoms with E-state index in [-0.39, 0.29) is 0 Å². The van der Waals surface area contributed by atoms with Crippen LogP contribution in [0.25, 0.3) is 5.69 Å². The summed E-state index contributed by atoms with van der Waals surface area (Å²) in [5.74, 6) is 0.903. The minimum absolute atomic E-state index is 0.308. The Balaban J connectivity index is 1.87. The molecular weight excluding hydrogens is 280 g/mol. The van der Waals surface area contributed by atoms with E-state index in [1.54, 1.807) is 4.68 Å². The number of nitrogens with zero attached hydrogens (tertiary/aromatic N) is 4. The molecule has 0 unspecified atom stereocenters. The Bertz CT molecular complexity index is 679. The number of tetrazole rings is 1. The molecule has 0 N–H and O–H groups in total. The van der Waals surface area contributed by atoms with Crippen molar-refractivity contribution in [3.8, 4) is 5.69 Å². The quantitative estimate of drug-likeness (QED) is 0.737. The predicted molar refractivity (Wildman–Crippen MR) is 73.6 cm³/mol. The molecule has 0 fully saturated rings. The summed E-state index contributed by atoms with van der Waals surface area (Å²) >= 11 is 1.48. The van der Waals surface area contributed by atoms with Crippen molar-refractivity contribution in [2.24, 2.45) is 0 Å². The average Bonchev–Trinajstić information content (AvgIpc) is 3.11. The van der Waals surface area contributed by atoms with E-state index in [2.05, 4.69) is 15.5 Å². The molecule has 0 spiro atoms. The van der Waals surface area contributed by atoms with Gasteiger partial charge in [-0.1, -0.05) is 24.3 Å². The summed E-state index contributed by atoms with van der Waals surface area (Å²) in [5, 5.41) is 13.5. The lowest BCUT2D eigenvalue weighted by molar-refractivity contribution is 0.681. The highest BCUT2D eigenvalue weighted by Crippen LogP contribution is 2.17. The summed E-state index contributed by atoms with van der Waals surface area (Å²) in [5.41, 5.74) is 0.866. The van der Waals surface area contributed by atoms with Crippen LogP contribution in [0.4, 0.5) is 0 Å². The summed E-state index contributed by atoms with van der Waals surface area (Å²) in [6, 6.07) is 13.3. The Morgan fingerprint density at radius 1 is 1.16 bits per heavy atom. The molecule has 1 atom stereocenters. The van der Waals surface area contributed by atoms with Crippen molar-refractivity contribution < 1.29 is 4.21 Å². The molecule has 0 amide bonds. The zero-order chi connectivity index (χ0) is 13.1. The van der Waals surface area contributed by atoms with Gasteiger partial charge >= 0.3 is 0 Å². The fourth-order valence-electron chi connectivity index (χ4n) is 1.65. The molecule has 2 aromatic heterocycles. The molecular formula is C12H10N4OS2. The fourth-order valence-corrected chi connectivity index (χ4v) is 3.66. The summed E-state index contributed by atoms with van der Waals surface area (Å²) in [6.45, 7) is 0. The maximum atomic E-state index is 12.2. The highest BCUT2D eigenvalue weighted by Gasteiger charge is 2.13. The van der Waals surface area contributed by atoms with Crippen LogP contribution in [0.1, 0.15) is 5.82 Å².